The van der Waals surface area contributed by atoms with Crippen LogP contribution in [-0.2, 0) is 6.18 Å². The van der Waals surface area contributed by atoms with Gasteiger partial charge in [-0.3, -0.25) is 0 Å². The van der Waals surface area contributed by atoms with Gasteiger partial charge in [0.2, 0.25) is 0 Å². The van der Waals surface area contributed by atoms with Gasteiger partial charge in [-0.1, -0.05) is 17.3 Å². The monoisotopic (exact) mass is 387 g/mol. The van der Waals surface area contributed by atoms with Crippen molar-refractivity contribution < 1.29 is 27.9 Å². The number of hydrogen-bond donors (Lipinski definition) is 3. The summed E-state index contributed by atoms with van der Waals surface area (Å²) in [5, 5.41) is 30.7. The van der Waals surface area contributed by atoms with Crippen molar-refractivity contribution in [3.63, 3.8) is 0 Å². The smallest absolute Gasteiger partial charge is 0.416 e. The summed E-state index contributed by atoms with van der Waals surface area (Å²) < 4.78 is 45.7. The third kappa shape index (κ3) is 3.35. The normalized spacial score (nSPS) is 12.0. The van der Waals surface area contributed by atoms with Gasteiger partial charge in [0.05, 0.1) is 17.4 Å². The van der Waals surface area contributed by atoms with Gasteiger partial charge in [0.25, 0.3) is 0 Å². The molecule has 0 aliphatic heterocycles. The first-order valence-electron chi connectivity index (χ1n) is 7.76. The van der Waals surface area contributed by atoms with Crippen molar-refractivity contribution in [1.29, 1.82) is 5.26 Å². The summed E-state index contributed by atoms with van der Waals surface area (Å²) in [4.78, 5) is 0. The fourth-order valence-corrected chi connectivity index (χ4v) is 2.77. The molecular formula is C19H12F3N3O3. The van der Waals surface area contributed by atoms with Gasteiger partial charge in [0.15, 0.2) is 11.6 Å². The van der Waals surface area contributed by atoms with Crippen molar-refractivity contribution in [3.05, 3.63) is 65.4 Å². The number of amidine groups is 1. The Morgan fingerprint density at radius 2 is 1.82 bits per heavy atom. The molecule has 2 aromatic carbocycles. The van der Waals surface area contributed by atoms with Gasteiger partial charge in [-0.15, -0.1) is 0 Å². The largest absolute Gasteiger partial charge is 0.508 e. The zero-order chi connectivity index (χ0) is 20.5. The molecule has 0 amide bonds. The van der Waals surface area contributed by atoms with E-state index in [0.717, 1.165) is 12.1 Å². The van der Waals surface area contributed by atoms with Crippen LogP contribution in [0.15, 0.2) is 58.3 Å². The van der Waals surface area contributed by atoms with Crippen LogP contribution in [-0.4, -0.2) is 16.1 Å². The molecule has 0 aliphatic carbocycles. The number of halogens is 3. The topological polar surface area (TPSA) is 116 Å². The molecule has 6 nitrogen and oxygen atoms in total. The van der Waals surface area contributed by atoms with Crippen LogP contribution in [0.2, 0.25) is 0 Å². The quantitative estimate of drug-likeness (QED) is 0.268. The Morgan fingerprint density at radius 3 is 2.39 bits per heavy atom. The highest BCUT2D eigenvalue weighted by Gasteiger charge is 2.34. The molecule has 28 heavy (non-hydrogen) atoms. The Balaban J connectivity index is 2.46. The summed E-state index contributed by atoms with van der Waals surface area (Å²) >= 11 is 0. The van der Waals surface area contributed by atoms with E-state index in [-0.39, 0.29) is 33.8 Å². The van der Waals surface area contributed by atoms with E-state index in [1.807, 2.05) is 6.07 Å². The average molecular weight is 387 g/mol. The van der Waals surface area contributed by atoms with Crippen LogP contribution in [0.1, 0.15) is 16.7 Å². The van der Waals surface area contributed by atoms with Crippen LogP contribution in [0.25, 0.3) is 22.5 Å². The van der Waals surface area contributed by atoms with Gasteiger partial charge < -0.3 is 20.5 Å². The molecule has 9 heteroatoms. The first kappa shape index (κ1) is 18.8. The molecule has 0 aliphatic rings. The SMILES string of the molecule is N#Cc1ccoc1-c1c(/C(N)=N/O)cc(C(F)(F)F)cc1-c1ccc(O)cc1. The van der Waals surface area contributed by atoms with Crippen LogP contribution < -0.4 is 5.73 Å². The third-order valence-corrected chi connectivity index (χ3v) is 4.04. The first-order chi connectivity index (χ1) is 13.3. The zero-order valence-corrected chi connectivity index (χ0v) is 14.0. The number of oxime groups is 1. The molecule has 1 heterocycles. The predicted octanol–water partition coefficient (Wildman–Crippen LogP) is 4.30. The lowest BCUT2D eigenvalue weighted by Crippen LogP contribution is -2.17. The second kappa shape index (κ2) is 7.00. The highest BCUT2D eigenvalue weighted by Crippen LogP contribution is 2.42. The Bertz CT molecular complexity index is 1090. The van der Waals surface area contributed by atoms with Crippen molar-refractivity contribution >= 4 is 5.84 Å². The summed E-state index contributed by atoms with van der Waals surface area (Å²) in [5.41, 5.74) is 4.79. The molecule has 0 unspecified atom stereocenters. The van der Waals surface area contributed by atoms with Crippen molar-refractivity contribution in [1.82, 2.24) is 0 Å². The Kier molecular flexibility index (Phi) is 4.71. The summed E-state index contributed by atoms with van der Waals surface area (Å²) in [6, 6.07) is 10.2. The molecule has 0 fully saturated rings. The summed E-state index contributed by atoms with van der Waals surface area (Å²) in [5.74, 6) is -0.688. The van der Waals surface area contributed by atoms with Gasteiger partial charge in [-0.2, -0.15) is 18.4 Å². The number of aromatic hydroxyl groups is 1. The van der Waals surface area contributed by atoms with Crippen LogP contribution in [0.5, 0.6) is 5.75 Å². The van der Waals surface area contributed by atoms with Crippen LogP contribution in [0, 0.1) is 11.3 Å². The van der Waals surface area contributed by atoms with Crippen LogP contribution in [0.3, 0.4) is 0 Å². The van der Waals surface area contributed by atoms with Crippen LogP contribution >= 0.6 is 0 Å². The van der Waals surface area contributed by atoms with Gasteiger partial charge in [-0.05, 0) is 41.5 Å². The second-order valence-corrected chi connectivity index (χ2v) is 5.75. The standard InChI is InChI=1S/C19H12F3N3O3/c20-19(21,22)12-7-14(10-1-3-13(26)4-2-10)16(15(8-12)18(24)25-27)17-11(9-23)5-6-28-17/h1-8,26-27H,(H2,24,25). The maximum Gasteiger partial charge on any atom is 0.416 e. The fourth-order valence-electron chi connectivity index (χ4n) is 2.77. The predicted molar refractivity (Wildman–Crippen MR) is 93.5 cm³/mol. The molecule has 0 spiro atoms. The molecule has 0 atom stereocenters. The maximum absolute atomic E-state index is 13.5. The molecule has 4 N–H and O–H groups in total. The van der Waals surface area contributed by atoms with E-state index in [2.05, 4.69) is 5.16 Å². The number of nitrogens with zero attached hydrogens (tertiary/aromatic N) is 2. The lowest BCUT2D eigenvalue weighted by molar-refractivity contribution is -0.137. The molecule has 0 radical (unpaired) electrons. The van der Waals surface area contributed by atoms with E-state index in [1.54, 1.807) is 0 Å². The Morgan fingerprint density at radius 1 is 1.14 bits per heavy atom. The number of benzene rings is 2. The number of alkyl halides is 3. The molecule has 0 bridgehead atoms. The minimum Gasteiger partial charge on any atom is -0.508 e. The fraction of sp³-hybridized carbons (Fsp3) is 0.0526. The van der Waals surface area contributed by atoms with E-state index in [9.17, 15) is 23.5 Å². The van der Waals surface area contributed by atoms with E-state index in [1.165, 1.54) is 36.6 Å². The van der Waals surface area contributed by atoms with Crippen molar-refractivity contribution in [3.8, 4) is 34.3 Å². The van der Waals surface area contributed by atoms with Crippen molar-refractivity contribution in [2.45, 2.75) is 6.18 Å². The number of nitrogens with two attached hydrogens (primary N) is 1. The molecule has 3 aromatic rings. The summed E-state index contributed by atoms with van der Waals surface area (Å²) in [7, 11) is 0. The number of furan rings is 1. The van der Waals surface area contributed by atoms with E-state index in [4.69, 9.17) is 15.4 Å². The summed E-state index contributed by atoms with van der Waals surface area (Å²) in [6.45, 7) is 0. The number of phenols is 1. The number of nitriles is 1. The van der Waals surface area contributed by atoms with Gasteiger partial charge >= 0.3 is 6.18 Å². The average Bonchev–Trinajstić information content (AvgIpc) is 3.14. The summed E-state index contributed by atoms with van der Waals surface area (Å²) in [6.07, 6.45) is -3.50. The number of phenolic OH excluding ortho intramolecular Hbond substituents is 1. The molecule has 0 saturated heterocycles. The molecular weight excluding hydrogens is 375 g/mol. The van der Waals surface area contributed by atoms with Gasteiger partial charge in [0.1, 0.15) is 11.8 Å². The molecule has 3 rings (SSSR count). The second-order valence-electron chi connectivity index (χ2n) is 5.75. The van der Waals surface area contributed by atoms with E-state index < -0.39 is 17.6 Å². The van der Waals surface area contributed by atoms with Crippen molar-refractivity contribution in [2.75, 3.05) is 0 Å². The zero-order valence-electron chi connectivity index (χ0n) is 14.0. The maximum atomic E-state index is 13.5. The number of rotatable bonds is 3. The Labute approximate surface area is 156 Å². The van der Waals surface area contributed by atoms with Gasteiger partial charge in [0, 0.05) is 11.1 Å². The minimum absolute atomic E-state index is 0.0269. The molecule has 142 valence electrons. The lowest BCUT2D eigenvalue weighted by Gasteiger charge is -2.17. The van der Waals surface area contributed by atoms with E-state index in [0.29, 0.717) is 5.56 Å². The van der Waals surface area contributed by atoms with Gasteiger partial charge in [-0.25, -0.2) is 0 Å². The first-order valence-corrected chi connectivity index (χ1v) is 7.76. The molecule has 1 aromatic heterocycles. The molecule has 0 saturated carbocycles. The van der Waals surface area contributed by atoms with E-state index >= 15 is 0 Å². The van der Waals surface area contributed by atoms with Crippen LogP contribution in [0.4, 0.5) is 13.2 Å². The highest BCUT2D eigenvalue weighted by molar-refractivity contribution is 6.06. The van der Waals surface area contributed by atoms with Crippen molar-refractivity contribution in [2.24, 2.45) is 10.9 Å². The minimum atomic E-state index is -4.71. The lowest BCUT2D eigenvalue weighted by atomic mass is 9.89. The highest BCUT2D eigenvalue weighted by atomic mass is 19.4. The third-order valence-electron chi connectivity index (χ3n) is 4.04. The number of hydrogen-bond acceptors (Lipinski definition) is 5. The Hall–Kier alpha value is -3.93.